The van der Waals surface area contributed by atoms with E-state index in [1.165, 1.54) is 81.5 Å². The van der Waals surface area contributed by atoms with Gasteiger partial charge in [-0.2, -0.15) is 0 Å². The molecule has 0 aromatic heterocycles. The lowest BCUT2D eigenvalue weighted by atomic mass is 9.79. The molecule has 1 aromatic carbocycles. The number of hydrogen-bond donors (Lipinski definition) is 0. The van der Waals surface area contributed by atoms with Gasteiger partial charge in [-0.15, -0.1) is 0 Å². The van der Waals surface area contributed by atoms with E-state index in [0.717, 1.165) is 25.7 Å². The van der Waals surface area contributed by atoms with Crippen molar-refractivity contribution in [2.24, 2.45) is 11.3 Å². The van der Waals surface area contributed by atoms with Crippen molar-refractivity contribution >= 4 is 0 Å². The highest BCUT2D eigenvalue weighted by atomic mass is 16.5. The van der Waals surface area contributed by atoms with Crippen molar-refractivity contribution in [2.45, 2.75) is 52.5 Å². The highest BCUT2D eigenvalue weighted by Gasteiger charge is 2.41. The molecule has 3 aliphatic heterocycles. The zero-order valence-electron chi connectivity index (χ0n) is 16.8. The standard InChI is InChI=1S/C23H36N2O/c1-19-4-5-22(14-20(19)2)16-25-11-9-23(18-25)8-3-10-24(17-23)15-21-6-12-26-13-7-21/h4-5,14,21H,3,6-13,15-18H2,1-2H3/t23-/m1/s1. The molecule has 1 spiro atoms. The Hall–Kier alpha value is -0.900. The van der Waals surface area contributed by atoms with Crippen molar-refractivity contribution in [3.8, 4) is 0 Å². The lowest BCUT2D eigenvalue weighted by molar-refractivity contribution is 0.0312. The van der Waals surface area contributed by atoms with Gasteiger partial charge in [0.2, 0.25) is 0 Å². The molecular weight excluding hydrogens is 320 g/mol. The Kier molecular flexibility index (Phi) is 5.68. The number of hydrogen-bond acceptors (Lipinski definition) is 3. The molecule has 144 valence electrons. The van der Waals surface area contributed by atoms with Crippen LogP contribution in [-0.4, -0.2) is 55.7 Å². The summed E-state index contributed by atoms with van der Waals surface area (Å²) in [5.74, 6) is 0.868. The van der Waals surface area contributed by atoms with E-state index in [9.17, 15) is 0 Å². The fourth-order valence-corrected chi connectivity index (χ4v) is 5.42. The predicted molar refractivity (Wildman–Crippen MR) is 107 cm³/mol. The Morgan fingerprint density at radius 3 is 2.62 bits per heavy atom. The lowest BCUT2D eigenvalue weighted by Crippen LogP contribution is -2.46. The Morgan fingerprint density at radius 2 is 1.81 bits per heavy atom. The zero-order valence-corrected chi connectivity index (χ0v) is 16.8. The van der Waals surface area contributed by atoms with Gasteiger partial charge in [0.15, 0.2) is 0 Å². The number of ether oxygens (including phenoxy) is 1. The summed E-state index contributed by atoms with van der Waals surface area (Å²) >= 11 is 0. The molecule has 0 aliphatic carbocycles. The third-order valence-electron chi connectivity index (χ3n) is 7.09. The fourth-order valence-electron chi connectivity index (χ4n) is 5.42. The highest BCUT2D eigenvalue weighted by molar-refractivity contribution is 5.30. The average Bonchev–Trinajstić information content (AvgIpc) is 3.01. The Labute approximate surface area is 159 Å². The SMILES string of the molecule is Cc1ccc(CN2CC[C@@]3(CCCN(CC4CCOCC4)C3)C2)cc1C. The Balaban J connectivity index is 1.33. The smallest absolute Gasteiger partial charge is 0.0469 e. The average molecular weight is 357 g/mol. The van der Waals surface area contributed by atoms with Gasteiger partial charge < -0.3 is 9.64 Å². The number of likely N-dealkylation sites (tertiary alicyclic amines) is 2. The minimum absolute atomic E-state index is 0.559. The molecule has 3 nitrogen and oxygen atoms in total. The molecular formula is C23H36N2O. The second-order valence-corrected chi connectivity index (χ2v) is 9.27. The molecule has 0 N–H and O–H groups in total. The first-order valence-electron chi connectivity index (χ1n) is 10.7. The molecule has 0 amide bonds. The second kappa shape index (κ2) is 8.00. The zero-order chi connectivity index (χ0) is 18.0. The van der Waals surface area contributed by atoms with Crippen molar-refractivity contribution in [1.82, 2.24) is 9.80 Å². The Morgan fingerprint density at radius 1 is 1.00 bits per heavy atom. The van der Waals surface area contributed by atoms with Crippen molar-refractivity contribution in [2.75, 3.05) is 45.9 Å². The molecule has 1 aromatic rings. The summed E-state index contributed by atoms with van der Waals surface area (Å²) < 4.78 is 5.54. The fraction of sp³-hybridized carbons (Fsp3) is 0.739. The maximum atomic E-state index is 5.54. The molecule has 3 heteroatoms. The van der Waals surface area contributed by atoms with Crippen LogP contribution in [0, 0.1) is 25.2 Å². The van der Waals surface area contributed by atoms with E-state index in [0.29, 0.717) is 5.41 Å². The quantitative estimate of drug-likeness (QED) is 0.810. The summed E-state index contributed by atoms with van der Waals surface area (Å²) in [5.41, 5.74) is 4.88. The minimum atomic E-state index is 0.559. The molecule has 0 unspecified atom stereocenters. The van der Waals surface area contributed by atoms with E-state index in [4.69, 9.17) is 4.74 Å². The molecule has 1 atom stereocenters. The van der Waals surface area contributed by atoms with Gasteiger partial charge in [-0.05, 0) is 87.1 Å². The molecule has 26 heavy (non-hydrogen) atoms. The topological polar surface area (TPSA) is 15.7 Å². The van der Waals surface area contributed by atoms with E-state index in [1.807, 2.05) is 0 Å². The molecule has 3 heterocycles. The largest absolute Gasteiger partial charge is 0.381 e. The summed E-state index contributed by atoms with van der Waals surface area (Å²) in [6.45, 7) is 14.1. The number of benzene rings is 1. The van der Waals surface area contributed by atoms with E-state index in [2.05, 4.69) is 41.8 Å². The van der Waals surface area contributed by atoms with Gasteiger partial charge in [0.25, 0.3) is 0 Å². The second-order valence-electron chi connectivity index (χ2n) is 9.27. The summed E-state index contributed by atoms with van der Waals surface area (Å²) in [4.78, 5) is 5.50. The molecule has 4 rings (SSSR count). The van der Waals surface area contributed by atoms with Gasteiger partial charge in [-0.25, -0.2) is 0 Å². The van der Waals surface area contributed by atoms with Crippen LogP contribution in [0.1, 0.15) is 48.8 Å². The summed E-state index contributed by atoms with van der Waals surface area (Å²) in [5, 5.41) is 0. The molecule has 0 radical (unpaired) electrons. The monoisotopic (exact) mass is 356 g/mol. The third-order valence-corrected chi connectivity index (χ3v) is 7.09. The van der Waals surface area contributed by atoms with Gasteiger partial charge >= 0.3 is 0 Å². The van der Waals surface area contributed by atoms with Crippen molar-refractivity contribution in [3.63, 3.8) is 0 Å². The van der Waals surface area contributed by atoms with Gasteiger partial charge in [-0.1, -0.05) is 18.2 Å². The maximum Gasteiger partial charge on any atom is 0.0469 e. The molecule has 0 bridgehead atoms. The minimum Gasteiger partial charge on any atom is -0.381 e. The molecule has 3 fully saturated rings. The number of nitrogens with zero attached hydrogens (tertiary/aromatic N) is 2. The predicted octanol–water partition coefficient (Wildman–Crippen LogP) is 4.02. The summed E-state index contributed by atoms with van der Waals surface area (Å²) in [7, 11) is 0. The number of piperidine rings is 1. The van der Waals surface area contributed by atoms with E-state index >= 15 is 0 Å². The summed E-state index contributed by atoms with van der Waals surface area (Å²) in [6.07, 6.45) is 6.74. The first-order chi connectivity index (χ1) is 12.6. The number of aryl methyl sites for hydroxylation is 2. The van der Waals surface area contributed by atoms with Crippen LogP contribution in [0.15, 0.2) is 18.2 Å². The molecule has 3 aliphatic rings. The molecule has 3 saturated heterocycles. The van der Waals surface area contributed by atoms with Crippen LogP contribution in [-0.2, 0) is 11.3 Å². The van der Waals surface area contributed by atoms with Crippen LogP contribution in [0.3, 0.4) is 0 Å². The van der Waals surface area contributed by atoms with Gasteiger partial charge in [0, 0.05) is 39.4 Å². The summed E-state index contributed by atoms with van der Waals surface area (Å²) in [6, 6.07) is 7.00. The first kappa shape index (κ1) is 18.5. The Bertz CT molecular complexity index is 610. The highest BCUT2D eigenvalue weighted by Crippen LogP contribution is 2.40. The third kappa shape index (κ3) is 4.32. The first-order valence-corrected chi connectivity index (χ1v) is 10.7. The van der Waals surface area contributed by atoms with Gasteiger partial charge in [0.1, 0.15) is 0 Å². The van der Waals surface area contributed by atoms with E-state index < -0.39 is 0 Å². The van der Waals surface area contributed by atoms with Crippen LogP contribution in [0.2, 0.25) is 0 Å². The van der Waals surface area contributed by atoms with Crippen LogP contribution >= 0.6 is 0 Å². The van der Waals surface area contributed by atoms with Crippen molar-refractivity contribution in [1.29, 1.82) is 0 Å². The van der Waals surface area contributed by atoms with Gasteiger partial charge in [0.05, 0.1) is 0 Å². The normalized spacial score (nSPS) is 28.8. The van der Waals surface area contributed by atoms with Crippen molar-refractivity contribution < 1.29 is 4.74 Å². The van der Waals surface area contributed by atoms with Crippen LogP contribution in [0.5, 0.6) is 0 Å². The van der Waals surface area contributed by atoms with Crippen LogP contribution in [0.25, 0.3) is 0 Å². The van der Waals surface area contributed by atoms with Gasteiger partial charge in [-0.3, -0.25) is 4.90 Å². The molecule has 0 saturated carbocycles. The lowest BCUT2D eigenvalue weighted by Gasteiger charge is -2.42. The maximum absolute atomic E-state index is 5.54. The van der Waals surface area contributed by atoms with E-state index in [1.54, 1.807) is 0 Å². The van der Waals surface area contributed by atoms with E-state index in [-0.39, 0.29) is 0 Å². The number of rotatable bonds is 4. The van der Waals surface area contributed by atoms with Crippen LogP contribution in [0.4, 0.5) is 0 Å². The van der Waals surface area contributed by atoms with Crippen molar-refractivity contribution in [3.05, 3.63) is 34.9 Å². The van der Waals surface area contributed by atoms with Crippen LogP contribution < -0.4 is 0 Å².